The lowest BCUT2D eigenvalue weighted by molar-refractivity contribution is -0.144. The molecule has 0 spiro atoms. The Morgan fingerprint density at radius 1 is 0.864 bits per heavy atom. The van der Waals surface area contributed by atoms with Crippen LogP contribution in [0.2, 0.25) is 0 Å². The molecular weight excluding hydrogens is 1060 g/mol. The van der Waals surface area contributed by atoms with Gasteiger partial charge in [0.15, 0.2) is 10.8 Å². The summed E-state index contributed by atoms with van der Waals surface area (Å²) in [5, 5.41) is 30.7. The lowest BCUT2D eigenvalue weighted by Gasteiger charge is -2.35. The number of para-hydroxylation sites is 1. The van der Waals surface area contributed by atoms with Gasteiger partial charge in [0.1, 0.15) is 29.4 Å². The van der Waals surface area contributed by atoms with Crippen LogP contribution in [0, 0.1) is 19.3 Å². The van der Waals surface area contributed by atoms with Crippen LogP contribution in [0.1, 0.15) is 107 Å². The van der Waals surface area contributed by atoms with Crippen molar-refractivity contribution in [1.29, 1.82) is 0 Å². The number of carboxylic acids is 1. The third-order valence-electron chi connectivity index (χ3n) is 14.9. The highest BCUT2D eigenvalue weighted by Gasteiger charge is 2.45. The Morgan fingerprint density at radius 2 is 1.65 bits per heavy atom. The molecule has 2 aliphatic rings. The van der Waals surface area contributed by atoms with E-state index in [0.717, 1.165) is 48.6 Å². The van der Waals surface area contributed by atoms with Crippen LogP contribution in [0.15, 0.2) is 121 Å². The van der Waals surface area contributed by atoms with Gasteiger partial charge in [-0.3, -0.25) is 29.5 Å². The number of carbonyl (C=O) groups excluding carboxylic acids is 4. The molecule has 0 aliphatic carbocycles. The first-order valence-corrected chi connectivity index (χ1v) is 28.7. The number of pyridine rings is 2. The van der Waals surface area contributed by atoms with Crippen molar-refractivity contribution in [3.63, 3.8) is 0 Å². The minimum absolute atomic E-state index is 0.0353. The zero-order valence-corrected chi connectivity index (χ0v) is 47.5. The smallest absolute Gasteiger partial charge is 0.355 e. The number of nitrogens with one attached hydrogen (secondary N) is 3. The zero-order valence-electron chi connectivity index (χ0n) is 45.9. The minimum Gasteiger partial charge on any atom is -0.476 e. The number of hydrogen-bond acceptors (Lipinski definition) is 14. The van der Waals surface area contributed by atoms with Crippen LogP contribution in [0.3, 0.4) is 0 Å². The van der Waals surface area contributed by atoms with Crippen molar-refractivity contribution < 1.29 is 38.9 Å². The molecule has 10 rings (SSSR count). The number of likely N-dealkylation sites (tertiary alicyclic amines) is 1. The number of aromatic nitrogens is 4. The van der Waals surface area contributed by atoms with Crippen molar-refractivity contribution in [2.75, 3.05) is 23.3 Å². The molecule has 81 heavy (non-hydrogen) atoms. The van der Waals surface area contributed by atoms with E-state index in [1.807, 2.05) is 144 Å². The van der Waals surface area contributed by atoms with Crippen molar-refractivity contribution in [3.8, 4) is 33.1 Å². The fraction of sp³-hybridized carbons (Fsp3) is 0.306. The summed E-state index contributed by atoms with van der Waals surface area (Å²) in [5.41, 5.74) is 9.49. The molecule has 2 aliphatic heterocycles. The Kier molecular flexibility index (Phi) is 16.4. The lowest BCUT2D eigenvalue weighted by atomic mass is 9.85. The first-order valence-electron chi connectivity index (χ1n) is 27.0. The van der Waals surface area contributed by atoms with Crippen molar-refractivity contribution in [3.05, 3.63) is 166 Å². The normalized spacial score (nSPS) is 15.9. The molecule has 0 unspecified atom stereocenters. The van der Waals surface area contributed by atoms with Gasteiger partial charge in [0.05, 0.1) is 44.1 Å². The number of aryl methyl sites for hydroxylation is 2. The maximum atomic E-state index is 14.3. The monoisotopic (exact) mass is 1130 g/mol. The van der Waals surface area contributed by atoms with Gasteiger partial charge >= 0.3 is 5.97 Å². The average molecular weight is 1130 g/mol. The van der Waals surface area contributed by atoms with E-state index in [9.17, 15) is 34.2 Å². The van der Waals surface area contributed by atoms with Crippen LogP contribution in [-0.2, 0) is 33.8 Å². The van der Waals surface area contributed by atoms with Gasteiger partial charge < -0.3 is 35.4 Å². The molecule has 5 N–H and O–H groups in total. The maximum Gasteiger partial charge on any atom is 0.355 e. The largest absolute Gasteiger partial charge is 0.476 e. The van der Waals surface area contributed by atoms with Gasteiger partial charge in [0.25, 0.3) is 5.91 Å². The quantitative estimate of drug-likeness (QED) is 0.0572. The van der Waals surface area contributed by atoms with Crippen LogP contribution in [0.5, 0.6) is 11.5 Å². The molecule has 4 aromatic heterocycles. The topological polar surface area (TPSA) is 229 Å². The second kappa shape index (κ2) is 23.7. The number of aromatic carboxylic acids is 1. The van der Waals surface area contributed by atoms with Gasteiger partial charge in [-0.25, -0.2) is 19.7 Å². The summed E-state index contributed by atoms with van der Waals surface area (Å²) >= 11 is 2.94. The number of aliphatic hydroxyl groups excluding tert-OH is 1. The summed E-state index contributed by atoms with van der Waals surface area (Å²) in [6, 6.07) is 31.5. The molecule has 8 aromatic rings. The van der Waals surface area contributed by atoms with E-state index in [1.54, 1.807) is 23.8 Å². The fourth-order valence-electron chi connectivity index (χ4n) is 10.5. The van der Waals surface area contributed by atoms with E-state index < -0.39 is 47.4 Å². The molecule has 19 heteroatoms. The van der Waals surface area contributed by atoms with Crippen LogP contribution in [-0.4, -0.2) is 95.9 Å². The number of hydrogen-bond donors (Lipinski definition) is 5. The van der Waals surface area contributed by atoms with E-state index in [-0.39, 0.29) is 36.9 Å². The van der Waals surface area contributed by atoms with E-state index in [0.29, 0.717) is 77.2 Å². The second-order valence-electron chi connectivity index (χ2n) is 21.7. The number of aliphatic hydroxyl groups is 1. The predicted molar refractivity (Wildman–Crippen MR) is 314 cm³/mol. The van der Waals surface area contributed by atoms with Crippen molar-refractivity contribution in [2.45, 2.75) is 104 Å². The third kappa shape index (κ3) is 12.5. The average Bonchev–Trinajstić information content (AvgIpc) is 4.26. The first kappa shape index (κ1) is 55.9. The standard InChI is InChI=1S/C62H63N9O8S2/c1-35-43(44-25-27-52(67-54(44)60(77)78)70-29-28-39-13-10-15-45(46(39)33-70)57(74)69-61-66-48-16-7-8-18-51(48)81-61)14-11-17-50(35)79-42-23-20-38(21-24-42)12-9-19-53(73)68-56(62(4,5)6)59(76)71-32-41(72)30-49(71)58(75)65-36(2)47-26-22-40(31-63-47)55-37(3)64-34-80-55/h7-8,10-11,13-18,20-27,31,34,36,41,49,56,72H,9,12,19,28-30,32-33H2,1-6H3,(H,65,75)(H,68,73)(H,77,78)(H,66,69,74)/t36-,41+,49-,56+/m0/s1. The maximum absolute atomic E-state index is 14.3. The highest BCUT2D eigenvalue weighted by atomic mass is 32.1. The van der Waals surface area contributed by atoms with Gasteiger partial charge in [0, 0.05) is 55.4 Å². The van der Waals surface area contributed by atoms with Gasteiger partial charge in [-0.1, -0.05) is 86.7 Å². The number of ether oxygens (including phenoxy) is 1. The third-order valence-corrected chi connectivity index (χ3v) is 16.8. The molecule has 416 valence electrons. The summed E-state index contributed by atoms with van der Waals surface area (Å²) < 4.78 is 7.35. The summed E-state index contributed by atoms with van der Waals surface area (Å²) in [4.78, 5) is 90.7. The summed E-state index contributed by atoms with van der Waals surface area (Å²) in [6.07, 6.45) is 2.78. The molecule has 0 radical (unpaired) electrons. The van der Waals surface area contributed by atoms with Crippen molar-refractivity contribution in [1.82, 2.24) is 35.5 Å². The van der Waals surface area contributed by atoms with Crippen LogP contribution >= 0.6 is 22.7 Å². The Morgan fingerprint density at radius 3 is 2.38 bits per heavy atom. The number of nitrogens with zero attached hydrogens (tertiary/aromatic N) is 6. The summed E-state index contributed by atoms with van der Waals surface area (Å²) in [5.74, 6) is -0.998. The molecule has 4 amide bonds. The SMILES string of the molecule is Cc1ncsc1-c1ccc([C@H](C)NC(=O)[C@@H]2C[C@@H](O)CN2C(=O)[C@@H](NC(=O)CCCc2ccc(Oc3cccc(-c4ccc(N5CCc6cccc(C(=O)Nc7nc8ccccc8s7)c6C5)nc4C(=O)O)c3C)cc2)C(C)(C)C)nc1. The van der Waals surface area contributed by atoms with E-state index in [1.165, 1.54) is 27.6 Å². The summed E-state index contributed by atoms with van der Waals surface area (Å²) in [6.45, 7) is 12.1. The molecule has 4 aromatic carbocycles. The highest BCUT2D eigenvalue weighted by molar-refractivity contribution is 7.22. The zero-order chi connectivity index (χ0) is 57.1. The number of fused-ring (bicyclic) bond motifs is 2. The molecule has 1 saturated heterocycles. The second-order valence-corrected chi connectivity index (χ2v) is 23.6. The highest BCUT2D eigenvalue weighted by Crippen LogP contribution is 2.37. The Bertz CT molecular complexity index is 3640. The van der Waals surface area contributed by atoms with Gasteiger partial charge in [-0.05, 0) is 128 Å². The number of carboxylic acid groups (broad SMARTS) is 1. The van der Waals surface area contributed by atoms with Gasteiger partial charge in [-0.15, -0.1) is 11.3 Å². The fourth-order valence-corrected chi connectivity index (χ4v) is 12.2. The van der Waals surface area contributed by atoms with E-state index in [2.05, 4.69) is 30.9 Å². The van der Waals surface area contributed by atoms with E-state index in [4.69, 9.17) is 9.72 Å². The van der Waals surface area contributed by atoms with Gasteiger partial charge in [-0.2, -0.15) is 0 Å². The molecule has 0 bridgehead atoms. The minimum atomic E-state index is -1.18. The van der Waals surface area contributed by atoms with Crippen LogP contribution in [0.4, 0.5) is 10.9 Å². The molecule has 4 atom stereocenters. The van der Waals surface area contributed by atoms with E-state index >= 15 is 0 Å². The molecular formula is C62H63N9O8S2. The van der Waals surface area contributed by atoms with Crippen LogP contribution < -0.4 is 25.6 Å². The first-order chi connectivity index (χ1) is 38.9. The Hall–Kier alpha value is -8.39. The number of rotatable bonds is 17. The van der Waals surface area contributed by atoms with Crippen molar-refractivity contribution in [2.24, 2.45) is 5.41 Å². The summed E-state index contributed by atoms with van der Waals surface area (Å²) in [7, 11) is 0. The lowest BCUT2D eigenvalue weighted by Crippen LogP contribution is -2.57. The molecule has 6 heterocycles. The van der Waals surface area contributed by atoms with Crippen molar-refractivity contribution >= 4 is 73.4 Å². The van der Waals surface area contributed by atoms with Crippen LogP contribution in [0.25, 0.3) is 31.8 Å². The number of carbonyl (C=O) groups is 5. The molecule has 0 saturated carbocycles. The van der Waals surface area contributed by atoms with Gasteiger partial charge in [0.2, 0.25) is 17.7 Å². The molecule has 17 nitrogen and oxygen atoms in total. The Balaban J connectivity index is 0.736. The number of amides is 4. The molecule has 1 fully saturated rings. The predicted octanol–water partition coefficient (Wildman–Crippen LogP) is 10.5. The number of thiazole rings is 2. The number of β-amino-alcohol motifs (C(OH)–C–C–N with tert-alkyl or cyclic N) is 1. The number of benzene rings is 4. The number of anilines is 2. The Labute approximate surface area is 477 Å².